The number of hydrogen-bond donors (Lipinski definition) is 1. The Bertz CT molecular complexity index is 471. The van der Waals surface area contributed by atoms with Crippen LogP contribution >= 0.6 is 11.3 Å². The molecule has 0 fully saturated rings. The van der Waals surface area contributed by atoms with Crippen molar-refractivity contribution in [2.45, 2.75) is 26.4 Å². The third-order valence-corrected chi connectivity index (χ3v) is 3.19. The minimum absolute atomic E-state index is 0.124. The molecule has 18 heavy (non-hydrogen) atoms. The molecule has 96 valence electrons. The van der Waals surface area contributed by atoms with E-state index in [4.69, 9.17) is 4.74 Å². The van der Waals surface area contributed by atoms with Crippen LogP contribution in [-0.2, 0) is 6.42 Å². The lowest BCUT2D eigenvalue weighted by atomic mass is 10.3. The Balaban J connectivity index is 1.85. The Morgan fingerprint density at radius 1 is 1.39 bits per heavy atom. The summed E-state index contributed by atoms with van der Waals surface area (Å²) in [4.78, 5) is 9.60. The van der Waals surface area contributed by atoms with E-state index in [2.05, 4.69) is 32.8 Å². The molecular formula is C13H17N3OS. The highest BCUT2D eigenvalue weighted by molar-refractivity contribution is 7.09. The van der Waals surface area contributed by atoms with Gasteiger partial charge >= 0.3 is 0 Å². The summed E-state index contributed by atoms with van der Waals surface area (Å²) in [6.07, 6.45) is 2.65. The summed E-state index contributed by atoms with van der Waals surface area (Å²) in [5, 5.41) is 5.36. The third kappa shape index (κ3) is 4.00. The number of nitrogens with one attached hydrogen (secondary N) is 1. The van der Waals surface area contributed by atoms with E-state index in [1.165, 1.54) is 11.2 Å². The Morgan fingerprint density at radius 2 is 2.28 bits per heavy atom. The van der Waals surface area contributed by atoms with Gasteiger partial charge in [0.25, 0.3) is 0 Å². The van der Waals surface area contributed by atoms with E-state index < -0.39 is 0 Å². The average Bonchev–Trinajstić information content (AvgIpc) is 2.82. The van der Waals surface area contributed by atoms with Gasteiger partial charge in [0.2, 0.25) is 5.88 Å². The molecule has 0 saturated heterocycles. The maximum Gasteiger partial charge on any atom is 0.218 e. The zero-order valence-electron chi connectivity index (χ0n) is 10.6. The largest absolute Gasteiger partial charge is 0.475 e. The minimum atomic E-state index is 0.124. The number of anilines is 1. The normalized spacial score (nSPS) is 10.6. The maximum atomic E-state index is 5.52. The Labute approximate surface area is 111 Å². The molecule has 0 spiro atoms. The van der Waals surface area contributed by atoms with Crippen LogP contribution in [0.2, 0.25) is 0 Å². The van der Waals surface area contributed by atoms with Gasteiger partial charge in [-0.2, -0.15) is 0 Å². The van der Waals surface area contributed by atoms with Crippen molar-refractivity contribution in [2.75, 3.05) is 11.9 Å². The van der Waals surface area contributed by atoms with E-state index in [1.54, 1.807) is 11.3 Å². The first-order valence-electron chi connectivity index (χ1n) is 5.99. The standard InChI is InChI=1S/C13H17N3OS/c1-10(2)17-13-8-12(15-9-16-13)14-6-5-11-4-3-7-18-11/h3-4,7-10H,5-6H2,1-2H3,(H,14,15,16). The predicted molar refractivity (Wildman–Crippen MR) is 74.3 cm³/mol. The summed E-state index contributed by atoms with van der Waals surface area (Å²) in [6, 6.07) is 6.04. The second-order valence-corrected chi connectivity index (χ2v) is 5.20. The number of rotatable bonds is 6. The van der Waals surface area contributed by atoms with Crippen LogP contribution in [0, 0.1) is 0 Å². The van der Waals surface area contributed by atoms with E-state index in [0.717, 1.165) is 18.8 Å². The Morgan fingerprint density at radius 3 is 3.00 bits per heavy atom. The summed E-state index contributed by atoms with van der Waals surface area (Å²) in [6.45, 7) is 4.82. The second kappa shape index (κ2) is 6.35. The summed E-state index contributed by atoms with van der Waals surface area (Å²) in [5.41, 5.74) is 0. The van der Waals surface area contributed by atoms with Crippen LogP contribution in [0.4, 0.5) is 5.82 Å². The highest BCUT2D eigenvalue weighted by Crippen LogP contribution is 2.13. The van der Waals surface area contributed by atoms with Crippen LogP contribution in [0.1, 0.15) is 18.7 Å². The SMILES string of the molecule is CC(C)Oc1cc(NCCc2cccs2)ncn1. The fourth-order valence-corrected chi connectivity index (χ4v) is 2.22. The molecular weight excluding hydrogens is 246 g/mol. The summed E-state index contributed by atoms with van der Waals surface area (Å²) in [7, 11) is 0. The molecule has 2 rings (SSSR count). The van der Waals surface area contributed by atoms with Crippen molar-refractivity contribution in [1.82, 2.24) is 9.97 Å². The summed E-state index contributed by atoms with van der Waals surface area (Å²) >= 11 is 1.77. The number of ether oxygens (including phenoxy) is 1. The van der Waals surface area contributed by atoms with Gasteiger partial charge in [-0.3, -0.25) is 0 Å². The molecule has 0 bridgehead atoms. The molecule has 0 aliphatic rings. The zero-order chi connectivity index (χ0) is 12.8. The molecule has 0 aromatic carbocycles. The quantitative estimate of drug-likeness (QED) is 0.870. The fraction of sp³-hybridized carbons (Fsp3) is 0.385. The molecule has 5 heteroatoms. The van der Waals surface area contributed by atoms with E-state index in [9.17, 15) is 0 Å². The van der Waals surface area contributed by atoms with E-state index in [0.29, 0.717) is 5.88 Å². The van der Waals surface area contributed by atoms with Gasteiger partial charge in [-0.1, -0.05) is 6.07 Å². The molecule has 0 atom stereocenters. The molecule has 4 nitrogen and oxygen atoms in total. The van der Waals surface area contributed by atoms with Gasteiger partial charge in [0.1, 0.15) is 12.1 Å². The fourth-order valence-electron chi connectivity index (χ4n) is 1.51. The first-order chi connectivity index (χ1) is 8.74. The molecule has 2 aromatic heterocycles. The van der Waals surface area contributed by atoms with Gasteiger partial charge in [0, 0.05) is 17.5 Å². The molecule has 0 aliphatic heterocycles. The Hall–Kier alpha value is -1.62. The first kappa shape index (κ1) is 12.8. The summed E-state index contributed by atoms with van der Waals surface area (Å²) < 4.78 is 5.52. The first-order valence-corrected chi connectivity index (χ1v) is 6.87. The number of nitrogens with zero attached hydrogens (tertiary/aromatic N) is 2. The lowest BCUT2D eigenvalue weighted by Gasteiger charge is -2.09. The van der Waals surface area contributed by atoms with Crippen molar-refractivity contribution in [3.8, 4) is 5.88 Å². The van der Waals surface area contributed by atoms with E-state index in [1.807, 2.05) is 19.9 Å². The highest BCUT2D eigenvalue weighted by atomic mass is 32.1. The van der Waals surface area contributed by atoms with Gasteiger partial charge in [-0.05, 0) is 31.7 Å². The number of aromatic nitrogens is 2. The number of thiophene rings is 1. The summed E-state index contributed by atoms with van der Waals surface area (Å²) in [5.74, 6) is 1.41. The third-order valence-electron chi connectivity index (χ3n) is 2.26. The topological polar surface area (TPSA) is 47.0 Å². The maximum absolute atomic E-state index is 5.52. The van der Waals surface area contributed by atoms with Crippen LogP contribution in [-0.4, -0.2) is 22.6 Å². The van der Waals surface area contributed by atoms with E-state index >= 15 is 0 Å². The molecule has 0 radical (unpaired) electrons. The minimum Gasteiger partial charge on any atom is -0.475 e. The average molecular weight is 263 g/mol. The van der Waals surface area contributed by atoms with Crippen molar-refractivity contribution in [1.29, 1.82) is 0 Å². The molecule has 2 heterocycles. The lowest BCUT2D eigenvalue weighted by Crippen LogP contribution is -2.09. The molecule has 0 saturated carbocycles. The van der Waals surface area contributed by atoms with Crippen LogP contribution < -0.4 is 10.1 Å². The molecule has 1 N–H and O–H groups in total. The Kier molecular flexibility index (Phi) is 4.52. The van der Waals surface area contributed by atoms with E-state index in [-0.39, 0.29) is 6.10 Å². The number of hydrogen-bond acceptors (Lipinski definition) is 5. The highest BCUT2D eigenvalue weighted by Gasteiger charge is 2.02. The monoisotopic (exact) mass is 263 g/mol. The van der Waals surface area contributed by atoms with Crippen LogP contribution in [0.5, 0.6) is 5.88 Å². The van der Waals surface area contributed by atoms with Crippen LogP contribution in [0.25, 0.3) is 0 Å². The van der Waals surface area contributed by atoms with Gasteiger partial charge in [0.05, 0.1) is 6.10 Å². The smallest absolute Gasteiger partial charge is 0.218 e. The molecule has 0 unspecified atom stereocenters. The van der Waals surface area contributed by atoms with Crippen molar-refractivity contribution < 1.29 is 4.74 Å². The van der Waals surface area contributed by atoms with Gasteiger partial charge in [0.15, 0.2) is 0 Å². The van der Waals surface area contributed by atoms with Crippen molar-refractivity contribution in [3.05, 3.63) is 34.8 Å². The molecule has 2 aromatic rings. The van der Waals surface area contributed by atoms with Crippen LogP contribution in [0.3, 0.4) is 0 Å². The van der Waals surface area contributed by atoms with Crippen molar-refractivity contribution in [2.24, 2.45) is 0 Å². The molecule has 0 aliphatic carbocycles. The van der Waals surface area contributed by atoms with Gasteiger partial charge < -0.3 is 10.1 Å². The lowest BCUT2D eigenvalue weighted by molar-refractivity contribution is 0.232. The molecule has 0 amide bonds. The zero-order valence-corrected chi connectivity index (χ0v) is 11.4. The van der Waals surface area contributed by atoms with Crippen molar-refractivity contribution >= 4 is 17.2 Å². The van der Waals surface area contributed by atoms with Crippen LogP contribution in [0.15, 0.2) is 29.9 Å². The van der Waals surface area contributed by atoms with Gasteiger partial charge in [-0.25, -0.2) is 9.97 Å². The second-order valence-electron chi connectivity index (χ2n) is 4.16. The van der Waals surface area contributed by atoms with Crippen molar-refractivity contribution in [3.63, 3.8) is 0 Å². The predicted octanol–water partition coefficient (Wildman–Crippen LogP) is 2.98. The van der Waals surface area contributed by atoms with Gasteiger partial charge in [-0.15, -0.1) is 11.3 Å².